The van der Waals surface area contributed by atoms with Crippen LogP contribution in [-0.4, -0.2) is 29.6 Å². The highest BCUT2D eigenvalue weighted by Crippen LogP contribution is 2.26. The van der Waals surface area contributed by atoms with Crippen LogP contribution in [-0.2, 0) is 9.59 Å². The van der Waals surface area contributed by atoms with Gasteiger partial charge >= 0.3 is 11.8 Å². The van der Waals surface area contributed by atoms with Crippen molar-refractivity contribution < 1.29 is 14.7 Å². The third kappa shape index (κ3) is 5.19. The average molecular weight is 332 g/mol. The summed E-state index contributed by atoms with van der Waals surface area (Å²) < 4.78 is 0. The molecule has 2 rings (SSSR count). The highest BCUT2D eigenvalue weighted by atomic mass is 32.1. The van der Waals surface area contributed by atoms with E-state index in [9.17, 15) is 9.59 Å². The van der Waals surface area contributed by atoms with Gasteiger partial charge in [-0.05, 0) is 48.9 Å². The van der Waals surface area contributed by atoms with Crippen LogP contribution in [0.5, 0.6) is 0 Å². The summed E-state index contributed by atoms with van der Waals surface area (Å²) in [6.07, 6.45) is 1.22. The Kier molecular flexibility index (Phi) is 6.31. The van der Waals surface area contributed by atoms with Gasteiger partial charge in [0.1, 0.15) is 0 Å². The van der Waals surface area contributed by atoms with Gasteiger partial charge in [-0.15, -0.1) is 11.3 Å². The molecule has 0 spiro atoms. The fraction of sp³-hybridized carbons (Fsp3) is 0.294. The number of aliphatic hydroxyl groups excluding tert-OH is 1. The highest BCUT2D eigenvalue weighted by Gasteiger charge is 2.16. The van der Waals surface area contributed by atoms with E-state index in [-0.39, 0.29) is 12.6 Å². The first-order valence-electron chi connectivity index (χ1n) is 7.47. The van der Waals surface area contributed by atoms with Crippen LogP contribution < -0.4 is 10.6 Å². The van der Waals surface area contributed by atoms with Crippen LogP contribution in [0.4, 0.5) is 5.69 Å². The molecule has 6 heteroatoms. The summed E-state index contributed by atoms with van der Waals surface area (Å²) in [4.78, 5) is 24.9. The zero-order valence-electron chi connectivity index (χ0n) is 12.9. The van der Waals surface area contributed by atoms with Gasteiger partial charge in [-0.1, -0.05) is 18.2 Å². The molecule has 0 saturated heterocycles. The second-order valence-corrected chi connectivity index (χ2v) is 6.20. The maximum atomic E-state index is 11.9. The topological polar surface area (TPSA) is 78.4 Å². The number of rotatable bonds is 6. The standard InChI is InChI=1S/C17H20N2O3S/c1-12(5-3-9-20)18-16(21)17(22)19-14-7-2-6-13(11-14)15-8-4-10-23-15/h2,4,6-8,10-12,20H,3,5,9H2,1H3,(H,18,21)(H,19,22). The first-order chi connectivity index (χ1) is 11.1. The van der Waals surface area contributed by atoms with Crippen molar-refractivity contribution >= 4 is 28.8 Å². The molecule has 0 aliphatic carbocycles. The summed E-state index contributed by atoms with van der Waals surface area (Å²) in [5.41, 5.74) is 1.58. The number of benzene rings is 1. The van der Waals surface area contributed by atoms with E-state index in [1.54, 1.807) is 24.3 Å². The van der Waals surface area contributed by atoms with E-state index in [1.165, 1.54) is 0 Å². The van der Waals surface area contributed by atoms with Crippen molar-refractivity contribution in [2.45, 2.75) is 25.8 Å². The van der Waals surface area contributed by atoms with Crippen molar-refractivity contribution in [3.05, 3.63) is 41.8 Å². The van der Waals surface area contributed by atoms with E-state index in [0.717, 1.165) is 10.4 Å². The zero-order valence-corrected chi connectivity index (χ0v) is 13.7. The highest BCUT2D eigenvalue weighted by molar-refractivity contribution is 7.13. The Morgan fingerprint density at radius 2 is 2.04 bits per heavy atom. The molecule has 0 aliphatic heterocycles. The maximum absolute atomic E-state index is 11.9. The van der Waals surface area contributed by atoms with E-state index in [2.05, 4.69) is 10.6 Å². The summed E-state index contributed by atoms with van der Waals surface area (Å²) in [6, 6.07) is 11.2. The van der Waals surface area contributed by atoms with Crippen LogP contribution in [0, 0.1) is 0 Å². The molecule has 23 heavy (non-hydrogen) atoms. The Balaban J connectivity index is 1.95. The number of amides is 2. The van der Waals surface area contributed by atoms with Crippen molar-refractivity contribution in [3.63, 3.8) is 0 Å². The third-order valence-electron chi connectivity index (χ3n) is 3.31. The molecule has 2 amide bonds. The van der Waals surface area contributed by atoms with Gasteiger partial charge in [0.05, 0.1) is 0 Å². The lowest BCUT2D eigenvalue weighted by molar-refractivity contribution is -0.136. The lowest BCUT2D eigenvalue weighted by Gasteiger charge is -2.13. The number of hydrogen-bond acceptors (Lipinski definition) is 4. The van der Waals surface area contributed by atoms with Crippen LogP contribution in [0.25, 0.3) is 10.4 Å². The van der Waals surface area contributed by atoms with E-state index in [1.807, 2.05) is 35.7 Å². The van der Waals surface area contributed by atoms with Gasteiger partial charge in [0.2, 0.25) is 0 Å². The minimum atomic E-state index is -0.691. The van der Waals surface area contributed by atoms with Crippen molar-refractivity contribution in [1.29, 1.82) is 0 Å². The molecular formula is C17H20N2O3S. The molecule has 3 N–H and O–H groups in total. The number of anilines is 1. The predicted molar refractivity (Wildman–Crippen MR) is 92.3 cm³/mol. The summed E-state index contributed by atoms with van der Waals surface area (Å²) in [6.45, 7) is 1.88. The van der Waals surface area contributed by atoms with Gasteiger partial charge in [0.25, 0.3) is 0 Å². The number of carbonyl (C=O) groups excluding carboxylic acids is 2. The van der Waals surface area contributed by atoms with Crippen LogP contribution in [0.15, 0.2) is 41.8 Å². The van der Waals surface area contributed by atoms with Crippen molar-refractivity contribution in [2.24, 2.45) is 0 Å². The van der Waals surface area contributed by atoms with E-state index in [0.29, 0.717) is 18.5 Å². The zero-order chi connectivity index (χ0) is 16.7. The van der Waals surface area contributed by atoms with Gasteiger partial charge in [0.15, 0.2) is 0 Å². The molecule has 1 aromatic carbocycles. The van der Waals surface area contributed by atoms with Gasteiger partial charge in [-0.3, -0.25) is 9.59 Å². The fourth-order valence-electron chi connectivity index (χ4n) is 2.14. The quantitative estimate of drug-likeness (QED) is 0.712. The molecule has 1 unspecified atom stereocenters. The van der Waals surface area contributed by atoms with Crippen LogP contribution in [0.2, 0.25) is 0 Å². The molecule has 1 heterocycles. The second-order valence-electron chi connectivity index (χ2n) is 5.25. The Hall–Kier alpha value is -2.18. The lowest BCUT2D eigenvalue weighted by atomic mass is 10.1. The molecule has 0 bridgehead atoms. The second kappa shape index (κ2) is 8.45. The maximum Gasteiger partial charge on any atom is 0.313 e. The van der Waals surface area contributed by atoms with Crippen molar-refractivity contribution in [3.8, 4) is 10.4 Å². The number of nitrogens with one attached hydrogen (secondary N) is 2. The van der Waals surface area contributed by atoms with Crippen molar-refractivity contribution in [1.82, 2.24) is 5.32 Å². The van der Waals surface area contributed by atoms with E-state index >= 15 is 0 Å². The summed E-state index contributed by atoms with van der Waals surface area (Å²) in [5.74, 6) is -1.36. The van der Waals surface area contributed by atoms with E-state index in [4.69, 9.17) is 5.11 Å². The minimum absolute atomic E-state index is 0.0713. The first-order valence-corrected chi connectivity index (χ1v) is 8.34. The predicted octanol–water partition coefficient (Wildman–Crippen LogP) is 2.63. The molecule has 5 nitrogen and oxygen atoms in total. The number of aliphatic hydroxyl groups is 1. The molecule has 0 aliphatic rings. The first kappa shape index (κ1) is 17.2. The number of hydrogen-bond donors (Lipinski definition) is 3. The number of carbonyl (C=O) groups is 2. The molecule has 2 aromatic rings. The van der Waals surface area contributed by atoms with E-state index < -0.39 is 11.8 Å². The van der Waals surface area contributed by atoms with Crippen LogP contribution in [0.1, 0.15) is 19.8 Å². The van der Waals surface area contributed by atoms with Crippen molar-refractivity contribution in [2.75, 3.05) is 11.9 Å². The third-order valence-corrected chi connectivity index (χ3v) is 4.22. The Bertz CT molecular complexity index is 656. The van der Waals surface area contributed by atoms with Crippen LogP contribution >= 0.6 is 11.3 Å². The molecular weight excluding hydrogens is 312 g/mol. The molecule has 0 saturated carbocycles. The largest absolute Gasteiger partial charge is 0.396 e. The molecule has 0 fully saturated rings. The monoisotopic (exact) mass is 332 g/mol. The van der Waals surface area contributed by atoms with Gasteiger partial charge < -0.3 is 15.7 Å². The van der Waals surface area contributed by atoms with Gasteiger partial charge in [-0.2, -0.15) is 0 Å². The fourth-order valence-corrected chi connectivity index (χ4v) is 2.86. The SMILES string of the molecule is CC(CCCO)NC(=O)C(=O)Nc1cccc(-c2cccs2)c1. The molecule has 1 aromatic heterocycles. The minimum Gasteiger partial charge on any atom is -0.396 e. The summed E-state index contributed by atoms with van der Waals surface area (Å²) in [5, 5.41) is 16.0. The van der Waals surface area contributed by atoms with Gasteiger partial charge in [-0.25, -0.2) is 0 Å². The normalized spacial score (nSPS) is 11.7. The lowest BCUT2D eigenvalue weighted by Crippen LogP contribution is -2.40. The summed E-state index contributed by atoms with van der Waals surface area (Å²) in [7, 11) is 0. The molecule has 0 radical (unpaired) electrons. The van der Waals surface area contributed by atoms with Gasteiger partial charge in [0, 0.05) is 23.2 Å². The molecule has 1 atom stereocenters. The smallest absolute Gasteiger partial charge is 0.313 e. The Labute approximate surface area is 139 Å². The van der Waals surface area contributed by atoms with Crippen LogP contribution in [0.3, 0.4) is 0 Å². The Morgan fingerprint density at radius 3 is 2.74 bits per heavy atom. The molecule has 122 valence electrons. The Morgan fingerprint density at radius 1 is 1.22 bits per heavy atom. The average Bonchev–Trinajstić information content (AvgIpc) is 3.07. The summed E-state index contributed by atoms with van der Waals surface area (Å²) >= 11 is 1.61. The number of thiophene rings is 1.